The summed E-state index contributed by atoms with van der Waals surface area (Å²) in [4.78, 5) is 45.4. The second-order valence-corrected chi connectivity index (χ2v) is 8.79. The minimum absolute atomic E-state index is 0.000667. The Morgan fingerprint density at radius 1 is 1.21 bits per heavy atom. The third kappa shape index (κ3) is 5.00. The molecule has 3 N–H and O–H groups in total. The number of imidazole rings is 1. The Balaban J connectivity index is 1.36. The van der Waals surface area contributed by atoms with E-state index in [0.29, 0.717) is 0 Å². The number of halogens is 5. The highest BCUT2D eigenvalue weighted by atomic mass is 35.5. The number of nitrogen functional groups attached to an aromatic ring is 1. The number of carbonyl (C=O) groups is 2. The maximum atomic E-state index is 15.1. The van der Waals surface area contributed by atoms with E-state index in [-0.39, 0.29) is 27.8 Å². The molecule has 0 bridgehead atoms. The van der Waals surface area contributed by atoms with E-state index in [1.165, 1.54) is 12.1 Å². The fraction of sp³-hybridized carbons (Fsp3) is 0.381. The molecule has 39 heavy (non-hydrogen) atoms. The van der Waals surface area contributed by atoms with Gasteiger partial charge in [-0.1, -0.05) is 12.1 Å². The van der Waals surface area contributed by atoms with Crippen molar-refractivity contribution in [3.8, 4) is 5.75 Å². The van der Waals surface area contributed by atoms with Crippen LogP contribution in [0.5, 0.6) is 5.75 Å². The number of alkyl halides is 4. The van der Waals surface area contributed by atoms with Gasteiger partial charge in [-0.15, -0.1) is 13.2 Å². The van der Waals surface area contributed by atoms with E-state index in [1.54, 1.807) is 0 Å². The number of nitrogens with zero attached hydrogens (tertiary/aromatic N) is 4. The number of aromatic nitrogens is 4. The normalized spacial score (nSPS) is 24.7. The highest BCUT2D eigenvalue weighted by molar-refractivity contribution is 6.28. The van der Waals surface area contributed by atoms with Crippen molar-refractivity contribution in [3.05, 3.63) is 41.4 Å². The van der Waals surface area contributed by atoms with Crippen molar-refractivity contribution in [2.75, 3.05) is 12.3 Å². The van der Waals surface area contributed by atoms with Crippen LogP contribution in [-0.2, 0) is 35.3 Å². The number of carbonyl (C=O) groups excluding carboxylic acids is 2. The smallest absolute Gasteiger partial charge is 0.406 e. The van der Waals surface area contributed by atoms with Gasteiger partial charge in [0.2, 0.25) is 5.28 Å². The molecule has 0 amide bonds. The SMILES string of the molecule is Nc1nc(Cl)nc2c1ncn2[C@@H]1O[C@H](COC2(Cc3cccc(OC(F)(F)F)c3)C(=O)OOC2=O)[C@@H](O)[C@@H]1F. The molecule has 18 heteroatoms. The maximum Gasteiger partial charge on any atom is 0.573 e. The van der Waals surface area contributed by atoms with E-state index in [2.05, 4.69) is 29.5 Å². The Bertz CT molecular complexity index is 1420. The van der Waals surface area contributed by atoms with Crippen molar-refractivity contribution in [1.29, 1.82) is 0 Å². The predicted octanol–water partition coefficient (Wildman–Crippen LogP) is 1.57. The summed E-state index contributed by atoms with van der Waals surface area (Å²) in [6, 6.07) is 4.42. The van der Waals surface area contributed by atoms with Crippen LogP contribution in [0, 0.1) is 0 Å². The molecule has 0 aliphatic carbocycles. The number of hydrogen-bond acceptors (Lipinski definition) is 12. The zero-order valence-corrected chi connectivity index (χ0v) is 19.9. The van der Waals surface area contributed by atoms with Crippen molar-refractivity contribution >= 4 is 40.5 Å². The van der Waals surface area contributed by atoms with Crippen LogP contribution >= 0.6 is 11.6 Å². The first kappa shape index (κ1) is 26.8. The first-order chi connectivity index (χ1) is 18.4. The Morgan fingerprint density at radius 3 is 2.62 bits per heavy atom. The van der Waals surface area contributed by atoms with Gasteiger partial charge in [-0.25, -0.2) is 28.7 Å². The average molecular weight is 578 g/mol. The van der Waals surface area contributed by atoms with Crippen molar-refractivity contribution in [2.45, 2.75) is 43.0 Å². The quantitative estimate of drug-likeness (QED) is 0.180. The fourth-order valence-electron chi connectivity index (χ4n) is 4.13. The summed E-state index contributed by atoms with van der Waals surface area (Å²) in [5.74, 6) is -3.34. The van der Waals surface area contributed by atoms with E-state index in [4.69, 9.17) is 26.8 Å². The molecule has 2 saturated heterocycles. The number of aliphatic hydroxyl groups is 1. The molecule has 4 heterocycles. The van der Waals surface area contributed by atoms with Crippen LogP contribution in [-0.4, -0.2) is 73.5 Å². The number of nitrogens with two attached hydrogens (primary N) is 1. The molecule has 0 spiro atoms. The van der Waals surface area contributed by atoms with Crippen LogP contribution in [0.3, 0.4) is 0 Å². The summed E-state index contributed by atoms with van der Waals surface area (Å²) in [7, 11) is 0. The molecule has 0 saturated carbocycles. The summed E-state index contributed by atoms with van der Waals surface area (Å²) in [5.41, 5.74) is 3.36. The number of aliphatic hydroxyl groups excluding tert-OH is 1. The molecule has 2 aliphatic heterocycles. The summed E-state index contributed by atoms with van der Waals surface area (Å²) < 4.78 is 69.0. The Labute approximate surface area is 219 Å². The molecule has 3 aromatic rings. The second-order valence-electron chi connectivity index (χ2n) is 8.45. The molecule has 13 nitrogen and oxygen atoms in total. The molecule has 1 aromatic carbocycles. The van der Waals surface area contributed by atoms with Crippen LogP contribution in [0.1, 0.15) is 11.8 Å². The number of anilines is 1. The molecule has 2 aromatic heterocycles. The lowest BCUT2D eigenvalue weighted by Gasteiger charge is -2.24. The van der Waals surface area contributed by atoms with Gasteiger partial charge in [-0.3, -0.25) is 4.57 Å². The first-order valence-electron chi connectivity index (χ1n) is 10.9. The van der Waals surface area contributed by atoms with Gasteiger partial charge in [-0.2, -0.15) is 9.97 Å². The molecule has 5 rings (SSSR count). The van der Waals surface area contributed by atoms with Crippen LogP contribution in [0.2, 0.25) is 5.28 Å². The lowest BCUT2D eigenvalue weighted by Crippen LogP contribution is -2.48. The van der Waals surface area contributed by atoms with Crippen molar-refractivity contribution in [2.24, 2.45) is 0 Å². The summed E-state index contributed by atoms with van der Waals surface area (Å²) in [6.07, 6.45) is -11.3. The largest absolute Gasteiger partial charge is 0.573 e. The van der Waals surface area contributed by atoms with Gasteiger partial charge in [0.1, 0.15) is 23.5 Å². The monoisotopic (exact) mass is 577 g/mol. The van der Waals surface area contributed by atoms with E-state index in [0.717, 1.165) is 23.0 Å². The van der Waals surface area contributed by atoms with Gasteiger partial charge in [-0.05, 0) is 29.3 Å². The molecule has 4 atom stereocenters. The van der Waals surface area contributed by atoms with Gasteiger partial charge in [0.15, 0.2) is 23.9 Å². The molecule has 2 fully saturated rings. The molecule has 2 aliphatic rings. The van der Waals surface area contributed by atoms with Crippen LogP contribution in [0.15, 0.2) is 30.6 Å². The number of fused-ring (bicyclic) bond motifs is 1. The average Bonchev–Trinajstić information content (AvgIpc) is 3.48. The van der Waals surface area contributed by atoms with Gasteiger partial charge < -0.3 is 25.1 Å². The lowest BCUT2D eigenvalue weighted by atomic mass is 9.94. The Hall–Kier alpha value is -3.80. The first-order valence-corrected chi connectivity index (χ1v) is 11.3. The minimum atomic E-state index is -4.99. The third-order valence-corrected chi connectivity index (χ3v) is 6.09. The van der Waals surface area contributed by atoms with Crippen LogP contribution in [0.25, 0.3) is 11.2 Å². The molecular weight excluding hydrogens is 562 g/mol. The Morgan fingerprint density at radius 2 is 1.92 bits per heavy atom. The Kier molecular flexibility index (Phi) is 6.69. The number of benzene rings is 1. The fourth-order valence-corrected chi connectivity index (χ4v) is 4.30. The summed E-state index contributed by atoms with van der Waals surface area (Å²) >= 11 is 5.83. The van der Waals surface area contributed by atoms with E-state index in [9.17, 15) is 27.9 Å². The van der Waals surface area contributed by atoms with Crippen molar-refractivity contribution in [3.63, 3.8) is 0 Å². The second kappa shape index (κ2) is 9.74. The van der Waals surface area contributed by atoms with Gasteiger partial charge in [0.25, 0.3) is 5.60 Å². The number of rotatable bonds is 7. The molecule has 208 valence electrons. The topological polar surface area (TPSA) is 170 Å². The highest BCUT2D eigenvalue weighted by Crippen LogP contribution is 2.36. The highest BCUT2D eigenvalue weighted by Gasteiger charge is 2.59. The van der Waals surface area contributed by atoms with Crippen molar-refractivity contribution < 1.29 is 56.2 Å². The summed E-state index contributed by atoms with van der Waals surface area (Å²) in [5, 5.41) is 10.2. The number of hydrogen-bond donors (Lipinski definition) is 2. The van der Waals surface area contributed by atoms with Gasteiger partial charge >= 0.3 is 18.3 Å². The lowest BCUT2D eigenvalue weighted by molar-refractivity contribution is -0.274. The minimum Gasteiger partial charge on any atom is -0.406 e. The standard InChI is InChI=1S/C21H16ClF4N5O8/c22-19-29-14(27)12-15(30-19)31(7-28-12)16-11(23)13(32)10(36-16)6-35-20(17(33)38-39-18(20)34)5-8-2-1-3-9(4-8)37-21(24,25)26/h1-4,7,10-11,13,16,32H,5-6H2,(H2,27,29,30)/t10-,11+,13-,16-/m1/s1. The zero-order chi connectivity index (χ0) is 28.1. The van der Waals surface area contributed by atoms with Gasteiger partial charge in [0, 0.05) is 6.42 Å². The molecular formula is C21H16ClF4N5O8. The number of ether oxygens (including phenoxy) is 3. The van der Waals surface area contributed by atoms with Gasteiger partial charge in [0.05, 0.1) is 12.9 Å². The van der Waals surface area contributed by atoms with Crippen molar-refractivity contribution in [1.82, 2.24) is 19.5 Å². The zero-order valence-electron chi connectivity index (χ0n) is 19.2. The van der Waals surface area contributed by atoms with Crippen LogP contribution in [0.4, 0.5) is 23.4 Å². The van der Waals surface area contributed by atoms with E-state index < -0.39 is 67.3 Å². The molecule has 0 unspecified atom stereocenters. The maximum absolute atomic E-state index is 15.1. The third-order valence-electron chi connectivity index (χ3n) is 5.92. The van der Waals surface area contributed by atoms with Crippen LogP contribution < -0.4 is 10.5 Å². The predicted molar refractivity (Wildman–Crippen MR) is 117 cm³/mol. The van der Waals surface area contributed by atoms with E-state index >= 15 is 4.39 Å². The van der Waals surface area contributed by atoms with E-state index in [1.807, 2.05) is 0 Å². The summed E-state index contributed by atoms with van der Waals surface area (Å²) in [6.45, 7) is -0.745. The molecule has 0 radical (unpaired) electrons.